The summed E-state index contributed by atoms with van der Waals surface area (Å²) in [4.78, 5) is 33.7. The Bertz CT molecular complexity index is 1150. The molecule has 2 saturated carbocycles. The van der Waals surface area contributed by atoms with Crippen molar-refractivity contribution in [3.8, 4) is 0 Å². The van der Waals surface area contributed by atoms with E-state index in [1.807, 2.05) is 28.8 Å². The zero-order valence-electron chi connectivity index (χ0n) is 20.6. The zero-order valence-corrected chi connectivity index (χ0v) is 22.8. The van der Waals surface area contributed by atoms with Crippen molar-refractivity contribution >= 4 is 39.6 Å². The van der Waals surface area contributed by atoms with Gasteiger partial charge in [-0.25, -0.2) is 9.78 Å². The molecule has 1 aromatic heterocycles. The fourth-order valence-corrected chi connectivity index (χ4v) is 10.1. The zero-order chi connectivity index (χ0) is 24.2. The molecule has 0 spiro atoms. The first-order valence-corrected chi connectivity index (χ1v) is 14.7. The van der Waals surface area contributed by atoms with Gasteiger partial charge in [-0.2, -0.15) is 0 Å². The molecule has 6 nitrogen and oxygen atoms in total. The number of hydrogen-bond acceptors (Lipinski definition) is 5. The minimum Gasteiger partial charge on any atom is -0.461 e. The van der Waals surface area contributed by atoms with E-state index in [0.717, 1.165) is 30.2 Å². The molecule has 2 aliphatic heterocycles. The number of halogens is 1. The van der Waals surface area contributed by atoms with Gasteiger partial charge in [0.1, 0.15) is 0 Å². The van der Waals surface area contributed by atoms with Crippen molar-refractivity contribution in [3.05, 3.63) is 40.3 Å². The standard InChI is InChI=1S/C28H36IN3O3/c1-2-35-27(34)25-26(33)31(24-12-4-3-11-23(24)30-25)22-14-20-9-6-10-21(15-22)32(20)28(29)16-18-7-5-8-19(13-18)17-28/h3-4,11-12,18-22H,2,5-10,13-17H2,1H3/t18?,19?,20-,21-,28?/m0/s1. The number of hydrogen-bond donors (Lipinski definition) is 0. The largest absolute Gasteiger partial charge is 0.461 e. The number of ether oxygens (including phenoxy) is 1. The number of carbonyl (C=O) groups is 1. The molecular weight excluding hydrogens is 553 g/mol. The summed E-state index contributed by atoms with van der Waals surface area (Å²) in [5.74, 6) is 1.16. The van der Waals surface area contributed by atoms with Crippen LogP contribution in [0.4, 0.5) is 0 Å². The fraction of sp³-hybridized carbons (Fsp3) is 0.679. The lowest BCUT2D eigenvalue weighted by atomic mass is 9.68. The molecule has 2 aromatic rings. The molecule has 2 unspecified atom stereocenters. The average Bonchev–Trinajstić information content (AvgIpc) is 2.82. The van der Waals surface area contributed by atoms with Crippen LogP contribution in [0.3, 0.4) is 0 Å². The summed E-state index contributed by atoms with van der Waals surface area (Å²) in [6, 6.07) is 8.81. The van der Waals surface area contributed by atoms with Crippen molar-refractivity contribution in [1.82, 2.24) is 14.5 Å². The molecule has 0 radical (unpaired) electrons. The quantitative estimate of drug-likeness (QED) is 0.194. The maximum absolute atomic E-state index is 13.7. The van der Waals surface area contributed by atoms with Crippen molar-refractivity contribution in [2.24, 2.45) is 11.8 Å². The van der Waals surface area contributed by atoms with Gasteiger partial charge in [0, 0.05) is 18.1 Å². The number of fused-ring (bicyclic) bond motifs is 5. The summed E-state index contributed by atoms with van der Waals surface area (Å²) >= 11 is 2.84. The summed E-state index contributed by atoms with van der Waals surface area (Å²) in [6.45, 7) is 1.99. The molecule has 7 heteroatoms. The first-order chi connectivity index (χ1) is 17.0. The van der Waals surface area contributed by atoms with Crippen LogP contribution in [0.5, 0.6) is 0 Å². The van der Waals surface area contributed by atoms with Gasteiger partial charge in [0.05, 0.1) is 21.2 Å². The number of benzene rings is 1. The number of piperidine rings is 2. The van der Waals surface area contributed by atoms with Gasteiger partial charge >= 0.3 is 5.97 Å². The summed E-state index contributed by atoms with van der Waals surface area (Å²) in [6.07, 6.45) is 13.9. The second kappa shape index (κ2) is 9.43. The van der Waals surface area contributed by atoms with Crippen molar-refractivity contribution in [3.63, 3.8) is 0 Å². The highest BCUT2D eigenvalue weighted by molar-refractivity contribution is 14.1. The van der Waals surface area contributed by atoms with Crippen LogP contribution in [-0.2, 0) is 4.74 Å². The molecule has 2 aliphatic carbocycles. The Hall–Kier alpha value is -1.48. The van der Waals surface area contributed by atoms with E-state index in [1.165, 1.54) is 57.8 Å². The molecule has 4 bridgehead atoms. The Balaban J connectivity index is 1.36. The minimum absolute atomic E-state index is 0.0800. The first-order valence-electron chi connectivity index (χ1n) is 13.6. The van der Waals surface area contributed by atoms with Gasteiger partial charge in [0.15, 0.2) is 0 Å². The lowest BCUT2D eigenvalue weighted by Crippen LogP contribution is -2.62. The van der Waals surface area contributed by atoms with Gasteiger partial charge < -0.3 is 9.30 Å². The van der Waals surface area contributed by atoms with Gasteiger partial charge in [0.25, 0.3) is 5.56 Å². The lowest BCUT2D eigenvalue weighted by molar-refractivity contribution is -0.0565. The van der Waals surface area contributed by atoms with Crippen LogP contribution in [0.15, 0.2) is 29.1 Å². The van der Waals surface area contributed by atoms with Crippen molar-refractivity contribution in [1.29, 1.82) is 0 Å². The second-order valence-electron chi connectivity index (χ2n) is 11.3. The van der Waals surface area contributed by atoms with Crippen LogP contribution in [0.1, 0.15) is 94.1 Å². The van der Waals surface area contributed by atoms with Crippen molar-refractivity contribution in [2.45, 2.75) is 99.2 Å². The number of esters is 1. The monoisotopic (exact) mass is 589 g/mol. The topological polar surface area (TPSA) is 64.4 Å². The number of nitrogens with zero attached hydrogens (tertiary/aromatic N) is 3. The van der Waals surface area contributed by atoms with Gasteiger partial charge in [-0.3, -0.25) is 9.69 Å². The van der Waals surface area contributed by atoms with Gasteiger partial charge in [-0.15, -0.1) is 0 Å². The van der Waals surface area contributed by atoms with Crippen LogP contribution >= 0.6 is 22.6 Å². The third-order valence-corrected chi connectivity index (χ3v) is 10.6. The molecule has 0 N–H and O–H groups in total. The van der Waals surface area contributed by atoms with Gasteiger partial charge in [-0.05, 0) is 75.8 Å². The molecule has 4 atom stereocenters. The predicted molar refractivity (Wildman–Crippen MR) is 145 cm³/mol. The third-order valence-electron chi connectivity index (χ3n) is 9.14. The van der Waals surface area contributed by atoms with Crippen LogP contribution in [0.25, 0.3) is 11.0 Å². The van der Waals surface area contributed by atoms with Crippen LogP contribution in [-0.4, -0.2) is 42.7 Å². The molecule has 188 valence electrons. The van der Waals surface area contributed by atoms with E-state index in [-0.39, 0.29) is 27.4 Å². The SMILES string of the molecule is CCOC(=O)c1nc2ccccc2n(C2C[C@@H]3CCC[C@@H](C2)N3C2(I)CC3CCCC(C3)C2)c1=O. The Labute approximate surface area is 220 Å². The number of rotatable bonds is 4. The highest BCUT2D eigenvalue weighted by atomic mass is 127. The predicted octanol–water partition coefficient (Wildman–Crippen LogP) is 5.86. The molecule has 2 saturated heterocycles. The van der Waals surface area contributed by atoms with E-state index < -0.39 is 5.97 Å². The minimum atomic E-state index is -0.616. The normalized spacial score (nSPS) is 35.1. The fourth-order valence-electron chi connectivity index (χ4n) is 8.02. The van der Waals surface area contributed by atoms with E-state index in [0.29, 0.717) is 17.6 Å². The Kier molecular flexibility index (Phi) is 6.44. The highest BCUT2D eigenvalue weighted by Crippen LogP contribution is 2.55. The Morgan fingerprint density at radius 3 is 2.37 bits per heavy atom. The number of alkyl halides is 1. The third kappa shape index (κ3) is 4.24. The lowest BCUT2D eigenvalue weighted by Gasteiger charge is -2.59. The highest BCUT2D eigenvalue weighted by Gasteiger charge is 2.52. The molecule has 0 amide bonds. The maximum atomic E-state index is 13.7. The molecule has 1 aromatic carbocycles. The van der Waals surface area contributed by atoms with E-state index in [4.69, 9.17) is 4.74 Å². The van der Waals surface area contributed by atoms with Crippen LogP contribution < -0.4 is 5.56 Å². The Morgan fingerprint density at radius 1 is 1.03 bits per heavy atom. The molecule has 4 aliphatic rings. The summed E-state index contributed by atoms with van der Waals surface area (Å²) < 4.78 is 7.35. The number of carbonyl (C=O) groups excluding carboxylic acids is 1. The second-order valence-corrected chi connectivity index (χ2v) is 13.3. The van der Waals surface area contributed by atoms with Crippen LogP contribution in [0, 0.1) is 11.8 Å². The van der Waals surface area contributed by atoms with Crippen LogP contribution in [0.2, 0.25) is 0 Å². The van der Waals surface area contributed by atoms with Gasteiger partial charge in [-0.1, -0.05) is 60.4 Å². The molecule has 35 heavy (non-hydrogen) atoms. The van der Waals surface area contributed by atoms with Crippen molar-refractivity contribution < 1.29 is 9.53 Å². The van der Waals surface area contributed by atoms with Crippen molar-refractivity contribution in [2.75, 3.05) is 6.61 Å². The van der Waals surface area contributed by atoms with Gasteiger partial charge in [0.2, 0.25) is 5.69 Å². The molecule has 6 rings (SSSR count). The molecular formula is C28H36IN3O3. The Morgan fingerprint density at radius 2 is 1.69 bits per heavy atom. The number of para-hydroxylation sites is 2. The van der Waals surface area contributed by atoms with E-state index in [9.17, 15) is 9.59 Å². The molecule has 3 heterocycles. The van der Waals surface area contributed by atoms with E-state index in [2.05, 4.69) is 32.5 Å². The summed E-state index contributed by atoms with van der Waals surface area (Å²) in [5, 5.41) is 0. The maximum Gasteiger partial charge on any atom is 0.362 e. The molecule has 4 fully saturated rings. The van der Waals surface area contributed by atoms with E-state index >= 15 is 0 Å². The number of aromatic nitrogens is 2. The summed E-state index contributed by atoms with van der Waals surface area (Å²) in [7, 11) is 0. The summed E-state index contributed by atoms with van der Waals surface area (Å²) in [5.41, 5.74) is 1.14. The first kappa shape index (κ1) is 23.9. The smallest absolute Gasteiger partial charge is 0.362 e. The average molecular weight is 590 g/mol. The van der Waals surface area contributed by atoms with E-state index in [1.54, 1.807) is 6.92 Å².